The maximum atomic E-state index is 11.8. The molecule has 1 saturated heterocycles. The van der Waals surface area contributed by atoms with Crippen LogP contribution in [0.1, 0.15) is 20.3 Å². The van der Waals surface area contributed by atoms with Crippen LogP contribution in [0.3, 0.4) is 0 Å². The first-order valence-corrected chi connectivity index (χ1v) is 4.98. The van der Waals surface area contributed by atoms with Crippen LogP contribution in [0.5, 0.6) is 0 Å². The lowest BCUT2D eigenvalue weighted by Gasteiger charge is -2.38. The summed E-state index contributed by atoms with van der Waals surface area (Å²) in [6.45, 7) is 8.12. The van der Waals surface area contributed by atoms with E-state index >= 15 is 0 Å². The highest BCUT2D eigenvalue weighted by atomic mass is 16.2. The highest BCUT2D eigenvalue weighted by Crippen LogP contribution is 2.15. The van der Waals surface area contributed by atoms with Gasteiger partial charge in [-0.25, -0.2) is 4.79 Å². The summed E-state index contributed by atoms with van der Waals surface area (Å²) in [5.41, 5.74) is 6.59. The summed E-state index contributed by atoms with van der Waals surface area (Å²) >= 11 is 0. The van der Waals surface area contributed by atoms with Crippen LogP contribution in [0, 0.1) is 0 Å². The molecule has 0 aliphatic carbocycles. The van der Waals surface area contributed by atoms with Gasteiger partial charge in [-0.1, -0.05) is 12.2 Å². The Morgan fingerprint density at radius 3 is 2.67 bits per heavy atom. The zero-order chi connectivity index (χ0) is 11.6. The number of nitrogens with zero attached hydrogens (tertiary/aromatic N) is 2. The summed E-state index contributed by atoms with van der Waals surface area (Å²) in [5.74, 6) is -0.201. The molecular weight excluding hydrogens is 194 g/mol. The summed E-state index contributed by atoms with van der Waals surface area (Å²) < 4.78 is 0. The van der Waals surface area contributed by atoms with Crippen LogP contribution < -0.4 is 5.73 Å². The standard InChI is InChI=1S/C10H17N3O2/c1-4-12-9(14)5-8(11)13(10(12)15)6-7(2)3/h8H,2,4-6,11H2,1,3H3. The molecule has 0 aromatic heterocycles. The maximum absolute atomic E-state index is 11.8. The quantitative estimate of drug-likeness (QED) is 0.692. The van der Waals surface area contributed by atoms with Crippen LogP contribution in [0.25, 0.3) is 0 Å². The van der Waals surface area contributed by atoms with Gasteiger partial charge in [-0.2, -0.15) is 0 Å². The molecule has 1 heterocycles. The van der Waals surface area contributed by atoms with Crippen molar-refractivity contribution in [1.82, 2.24) is 9.80 Å². The number of amides is 3. The molecule has 5 heteroatoms. The lowest BCUT2D eigenvalue weighted by atomic mass is 10.2. The minimum Gasteiger partial charge on any atom is -0.311 e. The number of carbonyl (C=O) groups excluding carboxylic acids is 2. The van der Waals surface area contributed by atoms with Crippen molar-refractivity contribution in [2.45, 2.75) is 26.4 Å². The predicted molar refractivity (Wildman–Crippen MR) is 56.9 cm³/mol. The van der Waals surface area contributed by atoms with Gasteiger partial charge in [0.05, 0.1) is 12.6 Å². The van der Waals surface area contributed by atoms with E-state index in [2.05, 4.69) is 6.58 Å². The van der Waals surface area contributed by atoms with E-state index in [4.69, 9.17) is 5.73 Å². The Morgan fingerprint density at radius 1 is 1.60 bits per heavy atom. The van der Waals surface area contributed by atoms with E-state index in [1.165, 1.54) is 9.80 Å². The molecule has 0 aromatic carbocycles. The number of rotatable bonds is 3. The minimum absolute atomic E-state index is 0.187. The molecule has 3 amide bonds. The molecule has 0 bridgehead atoms. The molecule has 1 aliphatic heterocycles. The second-order valence-electron chi connectivity index (χ2n) is 3.78. The van der Waals surface area contributed by atoms with Gasteiger partial charge in [0, 0.05) is 13.1 Å². The topological polar surface area (TPSA) is 66.6 Å². The Hall–Kier alpha value is -1.36. The van der Waals surface area contributed by atoms with Gasteiger partial charge in [0.1, 0.15) is 0 Å². The molecule has 0 saturated carbocycles. The zero-order valence-electron chi connectivity index (χ0n) is 9.19. The maximum Gasteiger partial charge on any atom is 0.328 e. The van der Waals surface area contributed by atoms with Crippen LogP contribution in [-0.4, -0.2) is 41.0 Å². The predicted octanol–water partition coefficient (Wildman–Crippen LogP) is 0.522. The molecule has 1 fully saturated rings. The van der Waals surface area contributed by atoms with Crippen molar-refractivity contribution in [1.29, 1.82) is 0 Å². The molecule has 0 radical (unpaired) electrons. The van der Waals surface area contributed by atoms with E-state index in [1.807, 2.05) is 6.92 Å². The molecule has 0 spiro atoms. The van der Waals surface area contributed by atoms with Crippen molar-refractivity contribution in [3.8, 4) is 0 Å². The van der Waals surface area contributed by atoms with Gasteiger partial charge < -0.3 is 10.6 Å². The smallest absolute Gasteiger partial charge is 0.311 e. The molecular formula is C10H17N3O2. The molecule has 1 unspecified atom stereocenters. The fourth-order valence-corrected chi connectivity index (χ4v) is 1.59. The number of urea groups is 1. The lowest BCUT2D eigenvalue weighted by molar-refractivity contribution is -0.132. The number of hydrogen-bond acceptors (Lipinski definition) is 3. The van der Waals surface area contributed by atoms with Gasteiger partial charge in [0.25, 0.3) is 0 Å². The summed E-state index contributed by atoms with van der Waals surface area (Å²) in [5, 5.41) is 0. The molecule has 2 N–H and O–H groups in total. The third kappa shape index (κ3) is 2.36. The SMILES string of the molecule is C=C(C)CN1C(=O)N(CC)C(=O)CC1N. The van der Waals surface area contributed by atoms with E-state index in [9.17, 15) is 9.59 Å². The van der Waals surface area contributed by atoms with Gasteiger partial charge in [0.2, 0.25) is 5.91 Å². The van der Waals surface area contributed by atoms with Crippen LogP contribution in [-0.2, 0) is 4.79 Å². The number of carbonyl (C=O) groups is 2. The van der Waals surface area contributed by atoms with Crippen molar-refractivity contribution >= 4 is 11.9 Å². The molecule has 1 atom stereocenters. The van der Waals surface area contributed by atoms with Crippen LogP contribution in [0.15, 0.2) is 12.2 Å². The van der Waals surface area contributed by atoms with E-state index < -0.39 is 6.17 Å². The Morgan fingerprint density at radius 2 is 2.20 bits per heavy atom. The van der Waals surface area contributed by atoms with Gasteiger partial charge in [-0.3, -0.25) is 9.69 Å². The summed E-state index contributed by atoms with van der Waals surface area (Å²) in [6.07, 6.45) is -0.336. The van der Waals surface area contributed by atoms with Crippen molar-refractivity contribution in [2.75, 3.05) is 13.1 Å². The van der Waals surface area contributed by atoms with Crippen molar-refractivity contribution in [3.05, 3.63) is 12.2 Å². The first-order chi connectivity index (χ1) is 6.97. The normalized spacial score (nSPS) is 22.2. The monoisotopic (exact) mass is 211 g/mol. The van der Waals surface area contributed by atoms with E-state index in [0.29, 0.717) is 13.1 Å². The molecule has 5 nitrogen and oxygen atoms in total. The van der Waals surface area contributed by atoms with Gasteiger partial charge in [-0.15, -0.1) is 0 Å². The summed E-state index contributed by atoms with van der Waals surface area (Å²) in [7, 11) is 0. The Balaban J connectivity index is 2.82. The third-order valence-corrected chi connectivity index (χ3v) is 2.32. The number of imide groups is 1. The Labute approximate surface area is 89.5 Å². The molecule has 0 aromatic rings. The average molecular weight is 211 g/mol. The number of hydrogen-bond donors (Lipinski definition) is 1. The minimum atomic E-state index is -0.524. The zero-order valence-corrected chi connectivity index (χ0v) is 9.19. The Bertz CT molecular complexity index is 301. The number of nitrogens with two attached hydrogens (primary N) is 1. The van der Waals surface area contributed by atoms with Crippen molar-refractivity contribution in [3.63, 3.8) is 0 Å². The van der Waals surface area contributed by atoms with Crippen LogP contribution in [0.4, 0.5) is 4.79 Å². The van der Waals surface area contributed by atoms with Crippen molar-refractivity contribution < 1.29 is 9.59 Å². The molecule has 84 valence electrons. The molecule has 1 aliphatic rings. The second-order valence-corrected chi connectivity index (χ2v) is 3.78. The van der Waals surface area contributed by atoms with E-state index in [0.717, 1.165) is 5.57 Å². The first kappa shape index (κ1) is 11.7. The van der Waals surface area contributed by atoms with Crippen LogP contribution >= 0.6 is 0 Å². The van der Waals surface area contributed by atoms with E-state index in [1.54, 1.807) is 6.92 Å². The summed E-state index contributed by atoms with van der Waals surface area (Å²) in [4.78, 5) is 26.0. The van der Waals surface area contributed by atoms with E-state index in [-0.39, 0.29) is 18.4 Å². The third-order valence-electron chi connectivity index (χ3n) is 2.32. The highest BCUT2D eigenvalue weighted by Gasteiger charge is 2.35. The van der Waals surface area contributed by atoms with Crippen LogP contribution in [0.2, 0.25) is 0 Å². The fourth-order valence-electron chi connectivity index (χ4n) is 1.59. The first-order valence-electron chi connectivity index (χ1n) is 4.98. The fraction of sp³-hybridized carbons (Fsp3) is 0.600. The largest absolute Gasteiger partial charge is 0.328 e. The lowest BCUT2D eigenvalue weighted by Crippen LogP contribution is -2.60. The van der Waals surface area contributed by atoms with Gasteiger partial charge in [-0.05, 0) is 13.8 Å². The molecule has 15 heavy (non-hydrogen) atoms. The van der Waals surface area contributed by atoms with Gasteiger partial charge >= 0.3 is 6.03 Å². The molecule has 1 rings (SSSR count). The Kier molecular flexibility index (Phi) is 3.47. The van der Waals surface area contributed by atoms with Gasteiger partial charge in [0.15, 0.2) is 0 Å². The average Bonchev–Trinajstić information content (AvgIpc) is 2.12. The highest BCUT2D eigenvalue weighted by molar-refractivity contribution is 5.97. The second kappa shape index (κ2) is 4.44. The van der Waals surface area contributed by atoms with Crippen molar-refractivity contribution in [2.24, 2.45) is 5.73 Å². The summed E-state index contributed by atoms with van der Waals surface area (Å²) in [6, 6.07) is -0.316.